The van der Waals surface area contributed by atoms with Gasteiger partial charge in [-0.15, -0.1) is 130 Å². The zero-order chi connectivity index (χ0) is 74.4. The Kier molecular flexibility index (Phi) is 186. The summed E-state index contributed by atoms with van der Waals surface area (Å²) in [4.78, 5) is 0. The summed E-state index contributed by atoms with van der Waals surface area (Å²) >= 11 is 0. The van der Waals surface area contributed by atoms with E-state index in [1.165, 1.54) is 33.4 Å². The average molecular weight is 2070 g/mol. The maximum absolute atomic E-state index is 5.22. The molecule has 0 saturated heterocycles. The topological polar surface area (TPSA) is 0 Å². The van der Waals surface area contributed by atoms with Gasteiger partial charge in [-0.05, 0) is 0 Å². The second-order valence-electron chi connectivity index (χ2n) is 17.4. The van der Waals surface area contributed by atoms with Crippen molar-refractivity contribution in [3.05, 3.63) is 515 Å². The molecule has 0 bridgehead atoms. The van der Waals surface area contributed by atoms with E-state index in [2.05, 4.69) is 259 Å². The van der Waals surface area contributed by atoms with Gasteiger partial charge in [-0.25, -0.2) is 18.6 Å². The van der Waals surface area contributed by atoms with Gasteiger partial charge in [0.05, 0.1) is 0 Å². The van der Waals surface area contributed by atoms with E-state index in [0.717, 1.165) is 111 Å². The van der Waals surface area contributed by atoms with Gasteiger partial charge in [0.15, 0.2) is 0 Å². The van der Waals surface area contributed by atoms with E-state index >= 15 is 0 Å². The Hall–Kier alpha value is -0.0749. The van der Waals surface area contributed by atoms with Crippen LogP contribution in [0.25, 0.3) is 0 Å². The van der Waals surface area contributed by atoms with Gasteiger partial charge in [-0.3, -0.25) is 37.6 Å². The molecule has 0 aliphatic heterocycles. The molecule has 0 aliphatic rings. The molecule has 0 heterocycles. The SMILES string of the molecule is C=C.C=C.C=C.C=C.C=C.C=C.C=C.C=C.C=[C-]Cc1[c-]cccc1.[CH-]=CCc1[c-]cccc1.[CH2-]CCc1[c-]cccc1.[CH2-]CCc1[c-]cccc1.[CH2-]CCc1[c-]cccc1.[CH2-]CCc1[c-]cccc1.[CH2-]CCc1[c-]cccc1.[CH2-]Cc1ccccc1[CH2-].[CH2-]c1ccccc1[CH2-].[Y].[Y].[Y].[Y].[Y].[Y].[Y].[Y].[Y]. The maximum Gasteiger partial charge on any atom is 0 e. The summed E-state index contributed by atoms with van der Waals surface area (Å²) in [5.74, 6) is 0. The van der Waals surface area contributed by atoms with Crippen LogP contribution in [-0.4, -0.2) is 0 Å². The molecule has 0 aromatic heterocycles. The summed E-state index contributed by atoms with van der Waals surface area (Å²) in [6.07, 6.45) is 16.9. The third-order valence-electron chi connectivity index (χ3n) is 10.8. The Morgan fingerprint density at radius 3 is 0.619 bits per heavy atom. The normalized spacial score (nSPS) is 7.37. The number of allylic oxidation sites excluding steroid dienone is 2. The molecule has 0 nitrogen and oxygen atoms in total. The quantitative estimate of drug-likeness (QED) is 0.0709. The van der Waals surface area contributed by atoms with E-state index in [1.807, 2.05) is 182 Å². The minimum absolute atomic E-state index is 0. The molecule has 0 unspecified atom stereocenters. The van der Waals surface area contributed by atoms with Crippen molar-refractivity contribution in [3.8, 4) is 0 Å². The van der Waals surface area contributed by atoms with Crippen molar-refractivity contribution in [1.29, 1.82) is 0 Å². The summed E-state index contributed by atoms with van der Waals surface area (Å²) in [7, 11) is 0. The second kappa shape index (κ2) is 133. The van der Waals surface area contributed by atoms with Crippen LogP contribution in [-0.2, 0) is 346 Å². The van der Waals surface area contributed by atoms with Gasteiger partial charge in [0.1, 0.15) is 0 Å². The van der Waals surface area contributed by atoms with E-state index < -0.39 is 0 Å². The first-order chi connectivity index (χ1) is 47.2. The molecule has 0 aliphatic carbocycles. The van der Waals surface area contributed by atoms with E-state index in [1.54, 1.807) is 6.08 Å². The summed E-state index contributed by atoms with van der Waals surface area (Å²) in [5.41, 5.74) is 12.9. The molecule has 545 valence electrons. The summed E-state index contributed by atoms with van der Waals surface area (Å²) in [6.45, 7) is 90.7. The predicted octanol–water partition coefficient (Wildman–Crippen LogP) is 26.0. The van der Waals surface area contributed by atoms with Crippen LogP contribution in [0, 0.1) is 117 Å². The van der Waals surface area contributed by atoms with Crippen LogP contribution in [0.3, 0.4) is 0 Å². The second-order valence-corrected chi connectivity index (χ2v) is 17.4. The predicted molar refractivity (Wildman–Crippen MR) is 436 cm³/mol. The zero-order valence-electron chi connectivity index (χ0n) is 64.2. The molecule has 0 amide bonds. The smallest absolute Gasteiger partial charge is 0 e. The third kappa shape index (κ3) is 106. The largest absolute Gasteiger partial charge is 0.518 e. The molecule has 9 aromatic carbocycles. The number of hydrogen-bond acceptors (Lipinski definition) is 0. The van der Waals surface area contributed by atoms with Gasteiger partial charge in [0.25, 0.3) is 0 Å². The Balaban J connectivity index is -0.0000000534. The van der Waals surface area contributed by atoms with E-state index in [9.17, 15) is 0 Å². The molecule has 9 rings (SSSR count). The molecule has 0 fully saturated rings. The van der Waals surface area contributed by atoms with Crippen molar-refractivity contribution >= 4 is 0 Å². The molecule has 0 atom stereocenters. The van der Waals surface area contributed by atoms with Crippen LogP contribution >= 0.6 is 0 Å². The van der Waals surface area contributed by atoms with Crippen LogP contribution in [0.4, 0.5) is 0 Å². The molecule has 0 saturated carbocycles. The van der Waals surface area contributed by atoms with E-state index in [-0.39, 0.29) is 294 Å². The van der Waals surface area contributed by atoms with Gasteiger partial charge in [0, 0.05) is 294 Å². The van der Waals surface area contributed by atoms with Crippen molar-refractivity contribution in [1.82, 2.24) is 0 Å². The molecule has 9 radical (unpaired) electrons. The standard InChI is InChI=1S/6C9H10.2C9H8.C8H8.8C2H4.9Y/c1-3-9-7-5-4-6-8(9)2;7*1-2-6-9-7-4-3-5-8-9;1-7-5-3-4-6-8(7)2;8*1-2;;;;;;;;;/h4-7H,1-3H2;5*3-5,7H,1-2,6H2;3-5,7H,1,6H2;1-5,7H,6H2;3-6H,1-2H2;8*1-2H2;;;;;;;;;/q9*-2;;;;;;;;;;;;;;;;;. The molecular weight excluding hydrogens is 1950 g/mol. The summed E-state index contributed by atoms with van der Waals surface area (Å²) in [6, 6.07) is 93.4. The molecule has 9 heteroatoms. The summed E-state index contributed by atoms with van der Waals surface area (Å²) in [5, 5.41) is 0. The fraction of sp³-hybridized carbons (Fsp3) is 0.135. The first-order valence-electron chi connectivity index (χ1n) is 31.3. The summed E-state index contributed by atoms with van der Waals surface area (Å²) < 4.78 is 0. The number of rotatable bonds is 15. The van der Waals surface area contributed by atoms with Gasteiger partial charge in [-0.2, -0.15) is 314 Å². The van der Waals surface area contributed by atoms with Crippen LogP contribution in [0.15, 0.2) is 336 Å². The van der Waals surface area contributed by atoms with Crippen molar-refractivity contribution in [2.75, 3.05) is 0 Å². The molecule has 9 aromatic rings. The van der Waals surface area contributed by atoms with Gasteiger partial charge < -0.3 is 54.2 Å². The van der Waals surface area contributed by atoms with Crippen LogP contribution in [0.1, 0.15) is 93.3 Å². The number of aryl methyl sites for hydroxylation is 5. The van der Waals surface area contributed by atoms with Gasteiger partial charge in [-0.1, -0.05) is 44.6 Å². The molecule has 0 spiro atoms. The number of hydrogen-bond donors (Lipinski definition) is 0. The van der Waals surface area contributed by atoms with Crippen molar-refractivity contribution in [2.45, 2.75) is 83.5 Å². The Morgan fingerprint density at radius 1 is 0.276 bits per heavy atom. The Labute approximate surface area is 877 Å². The Bertz CT molecular complexity index is 2570. The average Bonchev–Trinajstić information content (AvgIpc) is 0.959. The maximum atomic E-state index is 5.22. The first-order valence-corrected chi connectivity index (χ1v) is 31.3. The van der Waals surface area contributed by atoms with Crippen molar-refractivity contribution < 1.29 is 294 Å². The molecule has 0 N–H and O–H groups in total. The van der Waals surface area contributed by atoms with Gasteiger partial charge >= 0.3 is 0 Å². The van der Waals surface area contributed by atoms with Crippen molar-refractivity contribution in [3.63, 3.8) is 0 Å². The minimum atomic E-state index is 0. The van der Waals surface area contributed by atoms with Gasteiger partial charge in [0.2, 0.25) is 0 Å². The third-order valence-corrected chi connectivity index (χ3v) is 10.8. The minimum Gasteiger partial charge on any atom is -0.518 e. The van der Waals surface area contributed by atoms with Crippen molar-refractivity contribution in [2.24, 2.45) is 0 Å². The fourth-order valence-corrected chi connectivity index (χ4v) is 6.60. The van der Waals surface area contributed by atoms with Crippen LogP contribution in [0.5, 0.6) is 0 Å². The zero-order valence-corrected chi connectivity index (χ0v) is 89.8. The van der Waals surface area contributed by atoms with Crippen LogP contribution < -0.4 is 0 Å². The first kappa shape index (κ1) is 147. The fourth-order valence-electron chi connectivity index (χ4n) is 6.60. The van der Waals surface area contributed by atoms with Crippen LogP contribution in [0.2, 0.25) is 0 Å². The van der Waals surface area contributed by atoms with E-state index in [0.29, 0.717) is 0 Å². The van der Waals surface area contributed by atoms with E-state index in [4.69, 9.17) is 6.58 Å². The molecule has 105 heavy (non-hydrogen) atoms. The number of benzene rings is 9. The monoisotopic (exact) mass is 2070 g/mol. The Morgan fingerprint density at radius 2 is 0.467 bits per heavy atom. The molecular formula is C96H116Y9-18.